The van der Waals surface area contributed by atoms with Gasteiger partial charge in [0.2, 0.25) is 0 Å². The molecule has 20 heavy (non-hydrogen) atoms. The first kappa shape index (κ1) is 14.5. The van der Waals surface area contributed by atoms with Crippen molar-refractivity contribution in [1.29, 1.82) is 0 Å². The first-order chi connectivity index (χ1) is 9.70. The molecule has 5 heteroatoms. The van der Waals surface area contributed by atoms with Crippen LogP contribution in [-0.2, 0) is 0 Å². The molecule has 0 aliphatic carbocycles. The minimum Gasteiger partial charge on any atom is -0.384 e. The highest BCUT2D eigenvalue weighted by Gasteiger charge is 2.20. The van der Waals surface area contributed by atoms with Gasteiger partial charge in [-0.3, -0.25) is 4.79 Å². The molecule has 1 aliphatic heterocycles. The van der Waals surface area contributed by atoms with Crippen molar-refractivity contribution >= 4 is 5.91 Å². The van der Waals surface area contributed by atoms with E-state index >= 15 is 0 Å². The Bertz CT molecular complexity index is 533. The van der Waals surface area contributed by atoms with Gasteiger partial charge < -0.3 is 15.3 Å². The van der Waals surface area contributed by atoms with Crippen molar-refractivity contribution in [3.05, 3.63) is 29.6 Å². The van der Waals surface area contributed by atoms with Gasteiger partial charge >= 0.3 is 0 Å². The maximum Gasteiger partial charge on any atom is 0.271 e. The Morgan fingerprint density at radius 3 is 3.20 bits per heavy atom. The molecule has 1 atom stereocenters. The van der Waals surface area contributed by atoms with E-state index in [-0.39, 0.29) is 12.5 Å². The third kappa shape index (κ3) is 3.80. The highest BCUT2D eigenvalue weighted by Crippen LogP contribution is 2.13. The van der Waals surface area contributed by atoms with Crippen LogP contribution in [0, 0.1) is 17.8 Å². The molecule has 0 saturated carbocycles. The normalized spacial score (nSPS) is 18.4. The maximum atomic E-state index is 12.1. The topological polar surface area (TPSA) is 65.5 Å². The van der Waals surface area contributed by atoms with Gasteiger partial charge in [0, 0.05) is 19.3 Å². The molecule has 2 N–H and O–H groups in total. The second-order valence-corrected chi connectivity index (χ2v) is 4.99. The number of nitrogens with zero attached hydrogens (tertiary/aromatic N) is 2. The van der Waals surface area contributed by atoms with Crippen molar-refractivity contribution in [1.82, 2.24) is 15.2 Å². The minimum absolute atomic E-state index is 0.206. The highest BCUT2D eigenvalue weighted by atomic mass is 16.2. The second-order valence-electron chi connectivity index (χ2n) is 4.99. The largest absolute Gasteiger partial charge is 0.384 e. The van der Waals surface area contributed by atoms with Crippen LogP contribution in [0.4, 0.5) is 0 Å². The summed E-state index contributed by atoms with van der Waals surface area (Å²) >= 11 is 0. The number of amides is 1. The van der Waals surface area contributed by atoms with Gasteiger partial charge in [-0.25, -0.2) is 4.98 Å². The molecule has 0 radical (unpaired) electrons. The molecule has 1 fully saturated rings. The molecule has 2 rings (SSSR count). The summed E-state index contributed by atoms with van der Waals surface area (Å²) < 4.78 is 0. The summed E-state index contributed by atoms with van der Waals surface area (Å²) in [6.45, 7) is 2.52. The lowest BCUT2D eigenvalue weighted by molar-refractivity contribution is 0.0942. The van der Waals surface area contributed by atoms with E-state index in [0.29, 0.717) is 23.7 Å². The maximum absolute atomic E-state index is 12.1. The third-order valence-electron chi connectivity index (χ3n) is 3.37. The van der Waals surface area contributed by atoms with Crippen LogP contribution in [0.5, 0.6) is 0 Å². The molecular formula is C15H19N3O2. The van der Waals surface area contributed by atoms with E-state index < -0.39 is 0 Å². The summed E-state index contributed by atoms with van der Waals surface area (Å²) in [7, 11) is 2.09. The van der Waals surface area contributed by atoms with Crippen molar-refractivity contribution in [2.45, 2.75) is 6.42 Å². The first-order valence-electron chi connectivity index (χ1n) is 6.72. The standard InChI is InChI=1S/C15H19N3O2/c1-18-8-6-12(11-18)10-17-15(20)14-13(5-3-9-19)4-2-7-16-14/h2,4,7,12,19H,6,8-11H2,1H3,(H,17,20). The molecule has 1 unspecified atom stereocenters. The van der Waals surface area contributed by atoms with Gasteiger partial charge in [-0.1, -0.05) is 11.8 Å². The average Bonchev–Trinajstić information content (AvgIpc) is 2.88. The Labute approximate surface area is 119 Å². The zero-order valence-corrected chi connectivity index (χ0v) is 11.6. The van der Waals surface area contributed by atoms with E-state index in [1.54, 1.807) is 18.3 Å². The van der Waals surface area contributed by atoms with Crippen molar-refractivity contribution < 1.29 is 9.90 Å². The minimum atomic E-state index is -0.232. The van der Waals surface area contributed by atoms with E-state index in [1.807, 2.05) is 0 Å². The molecule has 1 aromatic rings. The number of likely N-dealkylation sites (tertiary alicyclic amines) is 1. The van der Waals surface area contributed by atoms with Crippen LogP contribution in [0.2, 0.25) is 0 Å². The molecule has 2 heterocycles. The van der Waals surface area contributed by atoms with Crippen molar-refractivity contribution in [2.24, 2.45) is 5.92 Å². The van der Waals surface area contributed by atoms with Gasteiger partial charge in [-0.05, 0) is 38.1 Å². The number of pyridine rings is 1. The molecule has 0 bridgehead atoms. The smallest absolute Gasteiger partial charge is 0.271 e. The average molecular weight is 273 g/mol. The second kappa shape index (κ2) is 7.04. The highest BCUT2D eigenvalue weighted by molar-refractivity contribution is 5.94. The molecule has 1 aromatic heterocycles. The number of aliphatic hydroxyl groups excluding tert-OH is 1. The number of hydrogen-bond donors (Lipinski definition) is 2. The number of carbonyl (C=O) groups excluding carboxylic acids is 1. The van der Waals surface area contributed by atoms with Crippen LogP contribution >= 0.6 is 0 Å². The number of rotatable bonds is 3. The quantitative estimate of drug-likeness (QED) is 0.767. The predicted molar refractivity (Wildman–Crippen MR) is 76.1 cm³/mol. The van der Waals surface area contributed by atoms with E-state index in [2.05, 4.69) is 34.1 Å². The Morgan fingerprint density at radius 1 is 1.65 bits per heavy atom. The number of hydrogen-bond acceptors (Lipinski definition) is 4. The lowest BCUT2D eigenvalue weighted by Crippen LogP contribution is -2.31. The van der Waals surface area contributed by atoms with Crippen LogP contribution in [0.1, 0.15) is 22.5 Å². The fourth-order valence-electron chi connectivity index (χ4n) is 2.34. The summed E-state index contributed by atoms with van der Waals surface area (Å²) in [5.74, 6) is 5.58. The molecule has 1 aliphatic rings. The summed E-state index contributed by atoms with van der Waals surface area (Å²) in [6, 6.07) is 3.46. The number of carbonyl (C=O) groups is 1. The monoisotopic (exact) mass is 273 g/mol. The van der Waals surface area contributed by atoms with Gasteiger partial charge in [-0.15, -0.1) is 0 Å². The van der Waals surface area contributed by atoms with Crippen LogP contribution < -0.4 is 5.32 Å². The Morgan fingerprint density at radius 2 is 2.50 bits per heavy atom. The molecule has 106 valence electrons. The van der Waals surface area contributed by atoms with E-state index in [4.69, 9.17) is 5.11 Å². The van der Waals surface area contributed by atoms with Crippen LogP contribution in [0.3, 0.4) is 0 Å². The molecule has 1 amide bonds. The number of nitrogens with one attached hydrogen (secondary N) is 1. The fourth-order valence-corrected chi connectivity index (χ4v) is 2.34. The molecule has 1 saturated heterocycles. The summed E-state index contributed by atoms with van der Waals surface area (Å²) in [6.07, 6.45) is 2.68. The Kier molecular flexibility index (Phi) is 5.10. The van der Waals surface area contributed by atoms with E-state index in [0.717, 1.165) is 19.5 Å². The van der Waals surface area contributed by atoms with Crippen LogP contribution in [0.15, 0.2) is 18.3 Å². The number of aliphatic hydroxyl groups is 1. The zero-order chi connectivity index (χ0) is 14.4. The van der Waals surface area contributed by atoms with Crippen LogP contribution in [0.25, 0.3) is 0 Å². The van der Waals surface area contributed by atoms with Gasteiger partial charge in [0.1, 0.15) is 12.3 Å². The van der Waals surface area contributed by atoms with Gasteiger partial charge in [0.15, 0.2) is 0 Å². The van der Waals surface area contributed by atoms with Gasteiger partial charge in [0.05, 0.1) is 5.56 Å². The SMILES string of the molecule is CN1CCC(CNC(=O)c2ncccc2C#CCO)C1. The lowest BCUT2D eigenvalue weighted by Gasteiger charge is -2.11. The van der Waals surface area contributed by atoms with E-state index in [9.17, 15) is 4.79 Å². The van der Waals surface area contributed by atoms with Crippen molar-refractivity contribution in [2.75, 3.05) is 33.3 Å². The first-order valence-corrected chi connectivity index (χ1v) is 6.72. The van der Waals surface area contributed by atoms with Crippen molar-refractivity contribution in [3.63, 3.8) is 0 Å². The predicted octanol–water partition coefficient (Wildman–Crippen LogP) is 0.107. The molecular weight excluding hydrogens is 254 g/mol. The van der Waals surface area contributed by atoms with Gasteiger partial charge in [0.25, 0.3) is 5.91 Å². The lowest BCUT2D eigenvalue weighted by atomic mass is 10.1. The number of aromatic nitrogens is 1. The molecule has 0 aromatic carbocycles. The zero-order valence-electron chi connectivity index (χ0n) is 11.6. The summed E-state index contributed by atoms with van der Waals surface area (Å²) in [5.41, 5.74) is 0.863. The molecule has 5 nitrogen and oxygen atoms in total. The van der Waals surface area contributed by atoms with Crippen LogP contribution in [-0.4, -0.2) is 54.2 Å². The summed E-state index contributed by atoms with van der Waals surface area (Å²) in [4.78, 5) is 18.5. The van der Waals surface area contributed by atoms with Gasteiger partial charge in [-0.2, -0.15) is 0 Å². The third-order valence-corrected chi connectivity index (χ3v) is 3.37. The Hall–Kier alpha value is -1.90. The van der Waals surface area contributed by atoms with E-state index in [1.165, 1.54) is 0 Å². The summed E-state index contributed by atoms with van der Waals surface area (Å²) in [5, 5.41) is 11.6. The Balaban J connectivity index is 1.98. The molecule has 0 spiro atoms. The van der Waals surface area contributed by atoms with Crippen molar-refractivity contribution in [3.8, 4) is 11.8 Å². The fraction of sp³-hybridized carbons (Fsp3) is 0.467.